The number of carbonyl (C=O) groups is 1. The van der Waals surface area contributed by atoms with E-state index in [2.05, 4.69) is 19.2 Å². The minimum Gasteiger partial charge on any atom is -0.463 e. The molecule has 0 spiro atoms. The summed E-state index contributed by atoms with van der Waals surface area (Å²) in [6.07, 6.45) is 3.35. The van der Waals surface area contributed by atoms with Crippen LogP contribution in [0, 0.1) is 5.92 Å². The van der Waals surface area contributed by atoms with Crippen LogP contribution in [0.5, 0.6) is 0 Å². The third-order valence-electron chi connectivity index (χ3n) is 2.55. The molecule has 0 aliphatic rings. The van der Waals surface area contributed by atoms with Gasteiger partial charge in [0.2, 0.25) is 0 Å². The molecule has 1 N–H and O–H groups in total. The Kier molecular flexibility index (Phi) is 5.98. The number of hydrogen-bond donors (Lipinski definition) is 1. The number of para-hydroxylation sites is 1. The number of rotatable bonds is 6. The molecule has 0 aliphatic carbocycles. The van der Waals surface area contributed by atoms with Crippen LogP contribution >= 0.6 is 0 Å². The number of anilines is 1. The molecule has 18 heavy (non-hydrogen) atoms. The summed E-state index contributed by atoms with van der Waals surface area (Å²) in [7, 11) is 0. The first-order valence-electron chi connectivity index (χ1n) is 6.30. The summed E-state index contributed by atoms with van der Waals surface area (Å²) in [5.74, 6) is 0.0916. The quantitative estimate of drug-likeness (QED) is 0.619. The van der Waals surface area contributed by atoms with Crippen LogP contribution in [0.4, 0.5) is 5.69 Å². The van der Waals surface area contributed by atoms with Crippen LogP contribution in [-0.2, 0) is 9.53 Å². The van der Waals surface area contributed by atoms with E-state index in [0.29, 0.717) is 12.5 Å². The van der Waals surface area contributed by atoms with Crippen LogP contribution in [0.15, 0.2) is 42.5 Å². The molecular formula is C15H21NO2. The molecule has 98 valence electrons. The molecule has 0 bridgehead atoms. The molecule has 0 unspecified atom stereocenters. The molecule has 1 aromatic rings. The van der Waals surface area contributed by atoms with Crippen molar-refractivity contribution < 1.29 is 9.53 Å². The highest BCUT2D eigenvalue weighted by Crippen LogP contribution is 2.13. The Morgan fingerprint density at radius 2 is 2.00 bits per heavy atom. The fourth-order valence-corrected chi connectivity index (χ4v) is 1.54. The van der Waals surface area contributed by atoms with Gasteiger partial charge in [-0.15, -0.1) is 0 Å². The summed E-state index contributed by atoms with van der Waals surface area (Å²) in [5, 5.41) is 3.38. The molecule has 0 saturated carbocycles. The van der Waals surface area contributed by atoms with Crippen LogP contribution in [0.3, 0.4) is 0 Å². The summed E-state index contributed by atoms with van der Waals surface area (Å²) >= 11 is 0. The second kappa shape index (κ2) is 7.54. The topological polar surface area (TPSA) is 38.3 Å². The normalized spacial score (nSPS) is 12.7. The summed E-state index contributed by atoms with van der Waals surface area (Å²) in [4.78, 5) is 11.3. The van der Waals surface area contributed by atoms with Crippen molar-refractivity contribution in [1.29, 1.82) is 0 Å². The molecular weight excluding hydrogens is 226 g/mol. The number of ether oxygens (including phenoxy) is 1. The van der Waals surface area contributed by atoms with E-state index in [0.717, 1.165) is 5.69 Å². The third-order valence-corrected chi connectivity index (χ3v) is 2.55. The van der Waals surface area contributed by atoms with Crippen LogP contribution in [0.2, 0.25) is 0 Å². The van der Waals surface area contributed by atoms with Crippen molar-refractivity contribution in [2.24, 2.45) is 5.92 Å². The molecule has 1 atom stereocenters. The maximum absolute atomic E-state index is 11.3. The van der Waals surface area contributed by atoms with Gasteiger partial charge in [-0.05, 0) is 25.0 Å². The molecule has 3 heteroatoms. The fourth-order valence-electron chi connectivity index (χ4n) is 1.54. The van der Waals surface area contributed by atoms with Gasteiger partial charge in [0.05, 0.1) is 6.61 Å². The summed E-state index contributed by atoms with van der Waals surface area (Å²) in [5.41, 5.74) is 1.05. The summed E-state index contributed by atoms with van der Waals surface area (Å²) in [6.45, 7) is 6.42. The van der Waals surface area contributed by atoms with E-state index in [4.69, 9.17) is 4.74 Å². The van der Waals surface area contributed by atoms with Crippen LogP contribution in [-0.4, -0.2) is 18.6 Å². The zero-order valence-electron chi connectivity index (χ0n) is 11.2. The predicted molar refractivity (Wildman–Crippen MR) is 74.5 cm³/mol. The average Bonchev–Trinajstić information content (AvgIpc) is 2.35. The van der Waals surface area contributed by atoms with Gasteiger partial charge in [-0.3, -0.25) is 0 Å². The molecule has 0 heterocycles. The van der Waals surface area contributed by atoms with Gasteiger partial charge in [-0.2, -0.15) is 0 Å². The number of benzene rings is 1. The van der Waals surface area contributed by atoms with E-state index in [1.54, 1.807) is 6.92 Å². The highest BCUT2D eigenvalue weighted by molar-refractivity contribution is 5.82. The van der Waals surface area contributed by atoms with Crippen molar-refractivity contribution >= 4 is 11.7 Å². The fraction of sp³-hybridized carbons (Fsp3) is 0.400. The molecule has 0 radical (unpaired) electrons. The van der Waals surface area contributed by atoms with Crippen LogP contribution in [0.1, 0.15) is 20.8 Å². The van der Waals surface area contributed by atoms with Gasteiger partial charge in [0, 0.05) is 17.8 Å². The first kappa shape index (κ1) is 14.3. The zero-order chi connectivity index (χ0) is 13.4. The lowest BCUT2D eigenvalue weighted by Crippen LogP contribution is -2.23. The highest BCUT2D eigenvalue weighted by atomic mass is 16.5. The standard InChI is InChI=1S/C15H21NO2/c1-4-18-15(17)11-10-14(12(2)3)16-13-8-6-5-7-9-13/h5-12,14,16H,4H2,1-3H3/b11-10+/t14-/m1/s1. The Morgan fingerprint density at radius 3 is 2.56 bits per heavy atom. The van der Waals surface area contributed by atoms with Crippen molar-refractivity contribution in [3.05, 3.63) is 42.5 Å². The predicted octanol–water partition coefficient (Wildman–Crippen LogP) is 3.24. The largest absolute Gasteiger partial charge is 0.463 e. The maximum Gasteiger partial charge on any atom is 0.330 e. The van der Waals surface area contributed by atoms with E-state index < -0.39 is 0 Å². The molecule has 0 amide bonds. The molecule has 0 saturated heterocycles. The Labute approximate surface area is 109 Å². The maximum atomic E-state index is 11.3. The van der Waals surface area contributed by atoms with Crippen molar-refractivity contribution in [1.82, 2.24) is 0 Å². The second-order valence-corrected chi connectivity index (χ2v) is 4.39. The minimum absolute atomic E-state index is 0.108. The zero-order valence-corrected chi connectivity index (χ0v) is 11.2. The number of hydrogen-bond acceptors (Lipinski definition) is 3. The lowest BCUT2D eigenvalue weighted by molar-refractivity contribution is -0.137. The smallest absolute Gasteiger partial charge is 0.330 e. The minimum atomic E-state index is -0.294. The van der Waals surface area contributed by atoms with Gasteiger partial charge >= 0.3 is 5.97 Å². The van der Waals surface area contributed by atoms with E-state index in [1.807, 2.05) is 36.4 Å². The summed E-state index contributed by atoms with van der Waals surface area (Å²) < 4.78 is 4.87. The number of esters is 1. The molecule has 0 aliphatic heterocycles. The molecule has 0 aromatic heterocycles. The monoisotopic (exact) mass is 247 g/mol. The Morgan fingerprint density at radius 1 is 1.33 bits per heavy atom. The van der Waals surface area contributed by atoms with Gasteiger partial charge in [-0.1, -0.05) is 38.1 Å². The second-order valence-electron chi connectivity index (χ2n) is 4.39. The van der Waals surface area contributed by atoms with Gasteiger partial charge < -0.3 is 10.1 Å². The SMILES string of the molecule is CCOC(=O)/C=C/[C@@H](Nc1ccccc1)C(C)C. The van der Waals surface area contributed by atoms with Gasteiger partial charge in [0.25, 0.3) is 0 Å². The van der Waals surface area contributed by atoms with E-state index >= 15 is 0 Å². The highest BCUT2D eigenvalue weighted by Gasteiger charge is 2.10. The lowest BCUT2D eigenvalue weighted by Gasteiger charge is -2.20. The Balaban J connectivity index is 2.63. The van der Waals surface area contributed by atoms with Crippen LogP contribution < -0.4 is 5.32 Å². The molecule has 1 aromatic carbocycles. The van der Waals surface area contributed by atoms with E-state index in [9.17, 15) is 4.79 Å². The lowest BCUT2D eigenvalue weighted by atomic mass is 10.0. The van der Waals surface area contributed by atoms with Gasteiger partial charge in [-0.25, -0.2) is 4.79 Å². The number of nitrogens with one attached hydrogen (secondary N) is 1. The van der Waals surface area contributed by atoms with Crippen molar-refractivity contribution in [2.45, 2.75) is 26.8 Å². The Hall–Kier alpha value is -1.77. The average molecular weight is 247 g/mol. The van der Waals surface area contributed by atoms with Crippen LogP contribution in [0.25, 0.3) is 0 Å². The van der Waals surface area contributed by atoms with Gasteiger partial charge in [0.1, 0.15) is 0 Å². The third kappa shape index (κ3) is 5.04. The number of carbonyl (C=O) groups excluding carboxylic acids is 1. The van der Waals surface area contributed by atoms with Crippen molar-refractivity contribution in [3.63, 3.8) is 0 Å². The van der Waals surface area contributed by atoms with E-state index in [1.165, 1.54) is 6.08 Å². The summed E-state index contributed by atoms with van der Waals surface area (Å²) in [6, 6.07) is 10.1. The Bertz CT molecular complexity index is 385. The first-order valence-corrected chi connectivity index (χ1v) is 6.30. The first-order chi connectivity index (χ1) is 8.63. The molecule has 1 rings (SSSR count). The molecule has 0 fully saturated rings. The van der Waals surface area contributed by atoms with Gasteiger partial charge in [0.15, 0.2) is 0 Å². The van der Waals surface area contributed by atoms with Crippen molar-refractivity contribution in [2.75, 3.05) is 11.9 Å². The molecule has 3 nitrogen and oxygen atoms in total. The van der Waals surface area contributed by atoms with E-state index in [-0.39, 0.29) is 12.0 Å². The van der Waals surface area contributed by atoms with Crippen molar-refractivity contribution in [3.8, 4) is 0 Å².